The molecule has 1 aromatic carbocycles. The van der Waals surface area contributed by atoms with Crippen LogP contribution in [0.25, 0.3) is 0 Å². The Morgan fingerprint density at radius 3 is 2.69 bits per heavy atom. The number of nitrogens with zero attached hydrogens (tertiary/aromatic N) is 1. The number of anilines is 1. The monoisotopic (exact) mass is 219 g/mol. The van der Waals surface area contributed by atoms with E-state index in [4.69, 9.17) is 0 Å². The number of para-hydroxylation sites is 1. The van der Waals surface area contributed by atoms with Crippen molar-refractivity contribution in [2.45, 2.75) is 6.04 Å². The molecule has 1 unspecified atom stereocenters. The highest BCUT2D eigenvalue weighted by Crippen LogP contribution is 2.12. The van der Waals surface area contributed by atoms with E-state index in [1.54, 1.807) is 4.90 Å². The van der Waals surface area contributed by atoms with Crippen LogP contribution in [-0.4, -0.2) is 38.6 Å². The molecule has 4 nitrogen and oxygen atoms in total. The van der Waals surface area contributed by atoms with Gasteiger partial charge in [0.15, 0.2) is 0 Å². The number of hydrogen-bond acceptors (Lipinski definition) is 3. The van der Waals surface area contributed by atoms with E-state index in [2.05, 4.69) is 10.6 Å². The molecule has 0 spiro atoms. The number of benzene rings is 1. The molecule has 1 heterocycles. The van der Waals surface area contributed by atoms with Gasteiger partial charge in [-0.1, -0.05) is 18.2 Å². The summed E-state index contributed by atoms with van der Waals surface area (Å²) in [5.41, 5.74) is 0.930. The van der Waals surface area contributed by atoms with E-state index in [1.165, 1.54) is 0 Å². The molecule has 0 aromatic heterocycles. The lowest BCUT2D eigenvalue weighted by Crippen LogP contribution is -2.56. The van der Waals surface area contributed by atoms with E-state index >= 15 is 0 Å². The minimum Gasteiger partial charge on any atom is -0.314 e. The van der Waals surface area contributed by atoms with Crippen molar-refractivity contribution in [1.82, 2.24) is 10.6 Å². The molecule has 0 saturated carbocycles. The highest BCUT2D eigenvalue weighted by molar-refractivity contribution is 5.96. The molecule has 1 amide bonds. The summed E-state index contributed by atoms with van der Waals surface area (Å²) >= 11 is 0. The van der Waals surface area contributed by atoms with E-state index < -0.39 is 0 Å². The molecule has 1 aliphatic heterocycles. The van der Waals surface area contributed by atoms with Gasteiger partial charge < -0.3 is 15.5 Å². The molecule has 16 heavy (non-hydrogen) atoms. The highest BCUT2D eigenvalue weighted by atomic mass is 16.2. The topological polar surface area (TPSA) is 44.4 Å². The minimum atomic E-state index is -0.112. The number of amides is 1. The van der Waals surface area contributed by atoms with Gasteiger partial charge in [-0.05, 0) is 12.1 Å². The van der Waals surface area contributed by atoms with E-state index in [0.717, 1.165) is 18.8 Å². The Hall–Kier alpha value is -1.39. The largest absolute Gasteiger partial charge is 0.314 e. The molecule has 86 valence electrons. The summed E-state index contributed by atoms with van der Waals surface area (Å²) in [6.07, 6.45) is 0. The van der Waals surface area contributed by atoms with Gasteiger partial charge in [-0.3, -0.25) is 4.79 Å². The smallest absolute Gasteiger partial charge is 0.245 e. The standard InChI is InChI=1S/C12H17N3O/c1-15(10-5-3-2-4-6-10)12(16)11-9-13-7-8-14-11/h2-6,11,13-14H,7-9H2,1H3. The summed E-state index contributed by atoms with van der Waals surface area (Å²) < 4.78 is 0. The first kappa shape index (κ1) is 11.1. The number of piperazine rings is 1. The third-order valence-corrected chi connectivity index (χ3v) is 2.81. The average molecular weight is 219 g/mol. The van der Waals surface area contributed by atoms with Crippen LogP contribution in [0.5, 0.6) is 0 Å². The molecule has 1 aliphatic rings. The van der Waals surface area contributed by atoms with Gasteiger partial charge in [-0.15, -0.1) is 0 Å². The molecule has 1 saturated heterocycles. The Morgan fingerprint density at radius 2 is 2.06 bits per heavy atom. The summed E-state index contributed by atoms with van der Waals surface area (Å²) in [5.74, 6) is 0.110. The Balaban J connectivity index is 2.04. The zero-order valence-corrected chi connectivity index (χ0v) is 9.44. The molecular weight excluding hydrogens is 202 g/mol. The third-order valence-electron chi connectivity index (χ3n) is 2.81. The van der Waals surface area contributed by atoms with Gasteiger partial charge >= 0.3 is 0 Å². The second kappa shape index (κ2) is 5.09. The predicted molar refractivity (Wildman–Crippen MR) is 64.5 cm³/mol. The van der Waals surface area contributed by atoms with Gasteiger partial charge in [0, 0.05) is 32.4 Å². The predicted octanol–water partition coefficient (Wildman–Crippen LogP) is 0.211. The van der Waals surface area contributed by atoms with Gasteiger partial charge in [0.05, 0.1) is 6.04 Å². The number of carbonyl (C=O) groups is 1. The van der Waals surface area contributed by atoms with E-state index in [9.17, 15) is 4.79 Å². The zero-order valence-electron chi connectivity index (χ0n) is 9.44. The molecule has 4 heteroatoms. The van der Waals surface area contributed by atoms with Crippen molar-refractivity contribution in [3.05, 3.63) is 30.3 Å². The average Bonchev–Trinajstić information content (AvgIpc) is 2.39. The number of rotatable bonds is 2. The lowest BCUT2D eigenvalue weighted by Gasteiger charge is -2.28. The lowest BCUT2D eigenvalue weighted by atomic mass is 10.2. The fourth-order valence-corrected chi connectivity index (χ4v) is 1.84. The second-order valence-electron chi connectivity index (χ2n) is 3.94. The van der Waals surface area contributed by atoms with Crippen molar-refractivity contribution in [2.75, 3.05) is 31.6 Å². The third kappa shape index (κ3) is 2.40. The van der Waals surface area contributed by atoms with E-state index in [0.29, 0.717) is 6.54 Å². The Kier molecular flexibility index (Phi) is 3.54. The highest BCUT2D eigenvalue weighted by Gasteiger charge is 2.23. The van der Waals surface area contributed by atoms with Gasteiger partial charge in [0.25, 0.3) is 0 Å². The molecule has 2 rings (SSSR count). The molecule has 1 atom stereocenters. The van der Waals surface area contributed by atoms with Crippen molar-refractivity contribution >= 4 is 11.6 Å². The van der Waals surface area contributed by atoms with E-state index in [-0.39, 0.29) is 11.9 Å². The van der Waals surface area contributed by atoms with E-state index in [1.807, 2.05) is 37.4 Å². The first-order valence-corrected chi connectivity index (χ1v) is 5.56. The maximum atomic E-state index is 12.1. The normalized spacial score (nSPS) is 20.4. The van der Waals surface area contributed by atoms with Crippen LogP contribution in [0.1, 0.15) is 0 Å². The number of nitrogens with one attached hydrogen (secondary N) is 2. The molecule has 2 N–H and O–H groups in total. The summed E-state index contributed by atoms with van der Waals surface area (Å²) in [5, 5.41) is 6.43. The van der Waals surface area contributed by atoms with Crippen LogP contribution in [-0.2, 0) is 4.79 Å². The van der Waals surface area contributed by atoms with Crippen molar-refractivity contribution < 1.29 is 4.79 Å². The first-order chi connectivity index (χ1) is 7.79. The Labute approximate surface area is 95.6 Å². The number of hydrogen-bond donors (Lipinski definition) is 2. The SMILES string of the molecule is CN(C(=O)C1CNCCN1)c1ccccc1. The Bertz CT molecular complexity index is 347. The second-order valence-corrected chi connectivity index (χ2v) is 3.94. The van der Waals surface area contributed by atoms with Gasteiger partial charge in [0.1, 0.15) is 0 Å². The van der Waals surface area contributed by atoms with Crippen LogP contribution in [0.4, 0.5) is 5.69 Å². The summed E-state index contributed by atoms with van der Waals surface area (Å²) in [4.78, 5) is 13.8. The maximum Gasteiger partial charge on any atom is 0.245 e. The van der Waals surface area contributed by atoms with Crippen molar-refractivity contribution in [1.29, 1.82) is 0 Å². The zero-order chi connectivity index (χ0) is 11.4. The van der Waals surface area contributed by atoms with Gasteiger partial charge in [0.2, 0.25) is 5.91 Å². The molecule has 0 bridgehead atoms. The fraction of sp³-hybridized carbons (Fsp3) is 0.417. The van der Waals surface area contributed by atoms with Crippen LogP contribution >= 0.6 is 0 Å². The van der Waals surface area contributed by atoms with Crippen molar-refractivity contribution in [2.24, 2.45) is 0 Å². The molecule has 1 fully saturated rings. The van der Waals surface area contributed by atoms with Gasteiger partial charge in [-0.2, -0.15) is 0 Å². The van der Waals surface area contributed by atoms with Crippen LogP contribution < -0.4 is 15.5 Å². The maximum absolute atomic E-state index is 12.1. The Morgan fingerprint density at radius 1 is 1.31 bits per heavy atom. The number of carbonyl (C=O) groups excluding carboxylic acids is 1. The van der Waals surface area contributed by atoms with Crippen molar-refractivity contribution in [3.8, 4) is 0 Å². The quantitative estimate of drug-likeness (QED) is 0.747. The molecular formula is C12H17N3O. The summed E-state index contributed by atoms with van der Waals surface area (Å²) in [7, 11) is 1.81. The molecule has 1 aromatic rings. The van der Waals surface area contributed by atoms with Gasteiger partial charge in [-0.25, -0.2) is 0 Å². The van der Waals surface area contributed by atoms with Crippen molar-refractivity contribution in [3.63, 3.8) is 0 Å². The van der Waals surface area contributed by atoms with Crippen LogP contribution in [0.15, 0.2) is 30.3 Å². The molecule has 0 aliphatic carbocycles. The summed E-state index contributed by atoms with van der Waals surface area (Å²) in [6.45, 7) is 2.48. The van der Waals surface area contributed by atoms with Crippen LogP contribution in [0, 0.1) is 0 Å². The van der Waals surface area contributed by atoms with Crippen LogP contribution in [0.3, 0.4) is 0 Å². The minimum absolute atomic E-state index is 0.110. The summed E-state index contributed by atoms with van der Waals surface area (Å²) in [6, 6.07) is 9.58. The fourth-order valence-electron chi connectivity index (χ4n) is 1.84. The number of likely N-dealkylation sites (N-methyl/N-ethyl adjacent to an activating group) is 1. The van der Waals surface area contributed by atoms with Crippen LogP contribution in [0.2, 0.25) is 0 Å². The first-order valence-electron chi connectivity index (χ1n) is 5.56. The molecule has 0 radical (unpaired) electrons. The lowest BCUT2D eigenvalue weighted by molar-refractivity contribution is -0.120.